The second kappa shape index (κ2) is 6.82. The highest BCUT2D eigenvalue weighted by molar-refractivity contribution is 5.95. The van der Waals surface area contributed by atoms with Gasteiger partial charge in [0.25, 0.3) is 5.91 Å². The fraction of sp³-hybridized carbons (Fsp3) is 0.556. The molecule has 0 unspecified atom stereocenters. The van der Waals surface area contributed by atoms with E-state index in [1.54, 1.807) is 36.2 Å². The van der Waals surface area contributed by atoms with Gasteiger partial charge in [0.05, 0.1) is 11.5 Å². The Morgan fingerprint density at radius 3 is 2.64 bits per heavy atom. The second-order valence-electron chi connectivity index (χ2n) is 7.08. The summed E-state index contributed by atoms with van der Waals surface area (Å²) in [6.07, 6.45) is 3.18. The Hall–Kier alpha value is -2.44. The first kappa shape index (κ1) is 17.4. The van der Waals surface area contributed by atoms with Crippen molar-refractivity contribution >= 4 is 17.7 Å². The van der Waals surface area contributed by atoms with E-state index in [1.165, 1.54) is 4.90 Å². The van der Waals surface area contributed by atoms with E-state index in [0.717, 1.165) is 18.5 Å². The van der Waals surface area contributed by atoms with E-state index in [9.17, 15) is 14.4 Å². The van der Waals surface area contributed by atoms with Crippen LogP contribution in [-0.2, 0) is 9.59 Å². The summed E-state index contributed by atoms with van der Waals surface area (Å²) in [5.41, 5.74) is 1.39. The van der Waals surface area contributed by atoms with E-state index >= 15 is 0 Å². The van der Waals surface area contributed by atoms with Crippen molar-refractivity contribution in [2.75, 3.05) is 33.7 Å². The Bertz CT molecular complexity index is 686. The maximum atomic E-state index is 12.8. The molecule has 0 spiro atoms. The predicted molar refractivity (Wildman–Crippen MR) is 91.8 cm³/mol. The lowest BCUT2D eigenvalue weighted by molar-refractivity contribution is -0.145. The van der Waals surface area contributed by atoms with Crippen molar-refractivity contribution < 1.29 is 14.4 Å². The highest BCUT2D eigenvalue weighted by Gasteiger charge is 2.42. The van der Waals surface area contributed by atoms with Crippen molar-refractivity contribution in [3.8, 4) is 0 Å². The van der Waals surface area contributed by atoms with Crippen LogP contribution in [0.1, 0.15) is 28.9 Å². The van der Waals surface area contributed by atoms with Gasteiger partial charge >= 0.3 is 0 Å². The molecule has 4 heterocycles. The summed E-state index contributed by atoms with van der Waals surface area (Å²) < 4.78 is 0. The van der Waals surface area contributed by atoms with E-state index in [1.807, 2.05) is 13.0 Å². The number of hydrogen-bond acceptors (Lipinski definition) is 4. The summed E-state index contributed by atoms with van der Waals surface area (Å²) in [6, 6.07) is 3.48. The number of rotatable bonds is 3. The molecule has 3 aliphatic rings. The van der Waals surface area contributed by atoms with Gasteiger partial charge in [0.15, 0.2) is 0 Å². The zero-order valence-corrected chi connectivity index (χ0v) is 14.9. The molecule has 0 saturated carbocycles. The number of carbonyl (C=O) groups excluding carboxylic acids is 3. The van der Waals surface area contributed by atoms with Crippen molar-refractivity contribution in [2.45, 2.75) is 25.8 Å². The number of aromatic nitrogens is 1. The molecule has 1 aromatic heterocycles. The minimum atomic E-state index is -0.226. The Morgan fingerprint density at radius 2 is 2.00 bits per heavy atom. The smallest absolute Gasteiger partial charge is 0.255 e. The molecule has 7 heteroatoms. The van der Waals surface area contributed by atoms with Crippen molar-refractivity contribution in [2.24, 2.45) is 5.92 Å². The third-order valence-corrected chi connectivity index (χ3v) is 5.04. The first-order chi connectivity index (χ1) is 11.9. The normalized spacial score (nSPS) is 22.8. The van der Waals surface area contributed by atoms with Crippen LogP contribution in [0.5, 0.6) is 0 Å². The van der Waals surface area contributed by atoms with Gasteiger partial charge in [-0.05, 0) is 31.9 Å². The molecule has 0 N–H and O–H groups in total. The van der Waals surface area contributed by atoms with Gasteiger partial charge in [-0.15, -0.1) is 0 Å². The Labute approximate surface area is 147 Å². The average molecular weight is 344 g/mol. The number of aryl methyl sites for hydroxylation is 1. The van der Waals surface area contributed by atoms with Crippen molar-refractivity contribution in [1.29, 1.82) is 0 Å². The molecule has 3 saturated heterocycles. The summed E-state index contributed by atoms with van der Waals surface area (Å²) in [6.45, 7) is 2.84. The van der Waals surface area contributed by atoms with Gasteiger partial charge in [-0.25, -0.2) is 0 Å². The van der Waals surface area contributed by atoms with Gasteiger partial charge in [0.2, 0.25) is 11.8 Å². The van der Waals surface area contributed by atoms with E-state index < -0.39 is 0 Å². The molecule has 1 aromatic rings. The summed E-state index contributed by atoms with van der Waals surface area (Å²) in [5, 5.41) is 0. The van der Waals surface area contributed by atoms with Crippen molar-refractivity contribution in [1.82, 2.24) is 19.7 Å². The number of pyridine rings is 1. The number of nitrogens with zero attached hydrogens (tertiary/aromatic N) is 4. The molecule has 0 aromatic carbocycles. The molecule has 0 aliphatic carbocycles. The van der Waals surface area contributed by atoms with Gasteiger partial charge in [-0.1, -0.05) is 0 Å². The van der Waals surface area contributed by atoms with Crippen LogP contribution in [0, 0.1) is 12.8 Å². The predicted octanol–water partition coefficient (Wildman–Crippen LogP) is 0.541. The quantitative estimate of drug-likeness (QED) is 0.802. The molecule has 2 atom stereocenters. The van der Waals surface area contributed by atoms with Crippen LogP contribution in [0.2, 0.25) is 0 Å². The molecule has 2 bridgehead atoms. The number of amides is 3. The molecule has 25 heavy (non-hydrogen) atoms. The number of likely N-dealkylation sites (N-methyl/N-ethyl adjacent to an activating group) is 1. The van der Waals surface area contributed by atoms with Crippen LogP contribution in [0.25, 0.3) is 0 Å². The minimum Gasteiger partial charge on any atom is -0.347 e. The Morgan fingerprint density at radius 1 is 1.24 bits per heavy atom. The summed E-state index contributed by atoms with van der Waals surface area (Å²) in [7, 11) is 3.37. The van der Waals surface area contributed by atoms with Crippen LogP contribution in [0.3, 0.4) is 0 Å². The largest absolute Gasteiger partial charge is 0.347 e. The zero-order chi connectivity index (χ0) is 18.1. The van der Waals surface area contributed by atoms with Crippen molar-refractivity contribution in [3.63, 3.8) is 0 Å². The van der Waals surface area contributed by atoms with Crippen LogP contribution < -0.4 is 0 Å². The Kier molecular flexibility index (Phi) is 4.74. The molecule has 4 rings (SSSR count). The van der Waals surface area contributed by atoms with E-state index in [-0.39, 0.29) is 36.2 Å². The van der Waals surface area contributed by atoms with Crippen LogP contribution >= 0.6 is 0 Å². The van der Waals surface area contributed by atoms with Gasteiger partial charge in [0, 0.05) is 45.1 Å². The van der Waals surface area contributed by atoms with Crippen LogP contribution in [0.4, 0.5) is 0 Å². The minimum absolute atomic E-state index is 0.0104. The fourth-order valence-corrected chi connectivity index (χ4v) is 3.48. The first-order valence-electron chi connectivity index (χ1n) is 8.59. The topological polar surface area (TPSA) is 73.8 Å². The first-order valence-corrected chi connectivity index (χ1v) is 8.59. The molecule has 3 fully saturated rings. The number of piperidine rings is 1. The lowest BCUT2D eigenvalue weighted by atomic mass is 9.94. The van der Waals surface area contributed by atoms with Gasteiger partial charge in [-0.2, -0.15) is 0 Å². The zero-order valence-electron chi connectivity index (χ0n) is 14.9. The summed E-state index contributed by atoms with van der Waals surface area (Å²) >= 11 is 0. The van der Waals surface area contributed by atoms with Crippen molar-refractivity contribution in [3.05, 3.63) is 29.6 Å². The maximum absolute atomic E-state index is 12.8. The molecule has 3 aliphatic heterocycles. The fourth-order valence-electron chi connectivity index (χ4n) is 3.48. The third kappa shape index (κ3) is 3.50. The maximum Gasteiger partial charge on any atom is 0.255 e. The molecule has 134 valence electrons. The molecule has 3 amide bonds. The highest BCUT2D eigenvalue weighted by atomic mass is 16.2. The summed E-state index contributed by atoms with van der Waals surface area (Å²) in [5.74, 6) is -0.431. The second-order valence-corrected chi connectivity index (χ2v) is 7.08. The number of fused-ring (bicyclic) bond motifs is 4. The number of hydrogen-bond donors (Lipinski definition) is 0. The lowest BCUT2D eigenvalue weighted by Gasteiger charge is -2.35. The Balaban J connectivity index is 1.78. The summed E-state index contributed by atoms with van der Waals surface area (Å²) in [4.78, 5) is 46.7. The average Bonchev–Trinajstić information content (AvgIpc) is 2.87. The standard InChI is InChI=1S/C18H24N4O3/c1-12-4-5-13(8-19-12)17(24)21-9-14-6-7-15(10-21)22(18(14)25)11-16(23)20(2)3/h4-5,8,14-15H,6-7,9-11H2,1-3H3/t14-,15+/m1/s1. The molecular formula is C18H24N4O3. The van der Waals surface area contributed by atoms with Crippen LogP contribution in [0.15, 0.2) is 18.3 Å². The van der Waals surface area contributed by atoms with E-state index in [0.29, 0.717) is 18.7 Å². The highest BCUT2D eigenvalue weighted by Crippen LogP contribution is 2.29. The lowest BCUT2D eigenvalue weighted by Crippen LogP contribution is -2.51. The van der Waals surface area contributed by atoms with Crippen LogP contribution in [-0.4, -0.2) is 77.2 Å². The third-order valence-electron chi connectivity index (χ3n) is 5.04. The van der Waals surface area contributed by atoms with Gasteiger partial charge in [-0.3, -0.25) is 19.4 Å². The number of carbonyl (C=O) groups is 3. The molecular weight excluding hydrogens is 320 g/mol. The van der Waals surface area contributed by atoms with E-state index in [4.69, 9.17) is 0 Å². The monoisotopic (exact) mass is 344 g/mol. The van der Waals surface area contributed by atoms with Gasteiger partial charge < -0.3 is 14.7 Å². The SMILES string of the molecule is Cc1ccc(C(=O)N2C[C@H]3CC[C@@H](C2)N(CC(=O)N(C)C)C3=O)cn1. The van der Waals surface area contributed by atoms with Gasteiger partial charge in [0.1, 0.15) is 6.54 Å². The van der Waals surface area contributed by atoms with E-state index in [2.05, 4.69) is 4.98 Å². The molecule has 7 nitrogen and oxygen atoms in total. The molecule has 0 radical (unpaired) electrons.